The molecule has 0 saturated heterocycles. The summed E-state index contributed by atoms with van der Waals surface area (Å²) in [6.45, 7) is 4.62. The minimum atomic E-state index is 0.853. The van der Waals surface area contributed by atoms with Crippen molar-refractivity contribution in [1.29, 1.82) is 0 Å². The molecule has 1 nitrogen and oxygen atoms in total. The number of nitrogens with zero attached hydrogens (tertiary/aromatic N) is 1. The van der Waals surface area contributed by atoms with Crippen molar-refractivity contribution < 1.29 is 4.57 Å². The summed E-state index contributed by atoms with van der Waals surface area (Å²) in [6.07, 6.45) is 9.09. The maximum absolute atomic E-state index is 2.52. The molecule has 2 aliphatic rings. The summed E-state index contributed by atoms with van der Waals surface area (Å²) in [7, 11) is 2.21. The molecule has 0 N–H and O–H groups in total. The van der Waals surface area contributed by atoms with Crippen molar-refractivity contribution in [2.45, 2.75) is 55.7 Å². The Labute approximate surface area is 205 Å². The largest absolute Gasteiger partial charge is 0.222 e. The molecular weight excluding hydrogens is 430 g/mol. The van der Waals surface area contributed by atoms with Crippen LogP contribution in [0, 0.1) is 19.8 Å². The summed E-state index contributed by atoms with van der Waals surface area (Å²) < 4.78 is 2.35. The van der Waals surface area contributed by atoms with Gasteiger partial charge in [0, 0.05) is 21.2 Å². The molecule has 1 saturated carbocycles. The van der Waals surface area contributed by atoms with Crippen LogP contribution in [0.3, 0.4) is 0 Å². The molecule has 7 rings (SSSR count). The molecule has 0 spiro atoms. The van der Waals surface area contributed by atoms with Gasteiger partial charge in [0.1, 0.15) is 7.05 Å². The average molecular weight is 461 g/mol. The summed E-state index contributed by atoms with van der Waals surface area (Å²) >= 11 is 1.99. The third-order valence-corrected chi connectivity index (χ3v) is 9.70. The van der Waals surface area contributed by atoms with Gasteiger partial charge >= 0.3 is 0 Å². The van der Waals surface area contributed by atoms with Gasteiger partial charge in [0.15, 0.2) is 6.20 Å². The van der Waals surface area contributed by atoms with E-state index in [1.54, 1.807) is 0 Å². The van der Waals surface area contributed by atoms with Crippen molar-refractivity contribution >= 4 is 44.1 Å². The van der Waals surface area contributed by atoms with Crippen molar-refractivity contribution in [2.24, 2.45) is 13.0 Å². The first-order valence-electron chi connectivity index (χ1n) is 12.7. The molecule has 0 amide bonds. The molecule has 0 bridgehead atoms. The summed E-state index contributed by atoms with van der Waals surface area (Å²) in [4.78, 5) is 2.84. The van der Waals surface area contributed by atoms with E-state index in [2.05, 4.69) is 86.3 Å². The molecule has 2 heteroatoms. The normalized spacial score (nSPS) is 15.5. The monoisotopic (exact) mass is 460 g/mol. The van der Waals surface area contributed by atoms with E-state index in [0.717, 1.165) is 5.92 Å². The van der Waals surface area contributed by atoms with Gasteiger partial charge in [-0.15, -0.1) is 0 Å². The second kappa shape index (κ2) is 7.58. The van der Waals surface area contributed by atoms with Gasteiger partial charge in [0.05, 0.1) is 10.9 Å². The molecule has 2 heterocycles. The second-order valence-corrected chi connectivity index (χ2v) is 11.5. The lowest BCUT2D eigenvalue weighted by Gasteiger charge is -2.24. The summed E-state index contributed by atoms with van der Waals surface area (Å²) in [5.74, 6) is 0.853. The van der Waals surface area contributed by atoms with E-state index in [0.29, 0.717) is 0 Å². The van der Waals surface area contributed by atoms with Gasteiger partial charge in [-0.2, -0.15) is 0 Å². The summed E-state index contributed by atoms with van der Waals surface area (Å²) in [5, 5.41) is 8.45. The van der Waals surface area contributed by atoms with Gasteiger partial charge in [-0.05, 0) is 70.5 Å². The Kier molecular flexibility index (Phi) is 4.58. The van der Waals surface area contributed by atoms with Crippen LogP contribution in [-0.4, -0.2) is 0 Å². The zero-order valence-electron chi connectivity index (χ0n) is 20.2. The number of hydrogen-bond acceptors (Lipinski definition) is 1. The molecule has 1 aromatic heterocycles. The van der Waals surface area contributed by atoms with Crippen molar-refractivity contribution in [3.05, 3.63) is 77.5 Å². The molecule has 1 fully saturated rings. The summed E-state index contributed by atoms with van der Waals surface area (Å²) in [6, 6.07) is 20.8. The van der Waals surface area contributed by atoms with Crippen LogP contribution in [0.2, 0.25) is 0 Å². The first-order chi connectivity index (χ1) is 16.6. The molecule has 1 aliphatic heterocycles. The van der Waals surface area contributed by atoms with E-state index in [1.165, 1.54) is 102 Å². The number of benzene rings is 4. The van der Waals surface area contributed by atoms with Crippen LogP contribution in [0.15, 0.2) is 70.6 Å². The zero-order chi connectivity index (χ0) is 23.0. The Balaban J connectivity index is 1.57. The van der Waals surface area contributed by atoms with Crippen LogP contribution in [0.25, 0.3) is 43.6 Å². The Morgan fingerprint density at radius 3 is 2.35 bits per heavy atom. The van der Waals surface area contributed by atoms with Crippen molar-refractivity contribution in [2.75, 3.05) is 0 Å². The molecule has 34 heavy (non-hydrogen) atoms. The minimum Gasteiger partial charge on any atom is -0.200 e. The Hall–Kier alpha value is -2.84. The van der Waals surface area contributed by atoms with Crippen molar-refractivity contribution in [1.82, 2.24) is 0 Å². The standard InChI is InChI=1S/C32H30NS/c1-19-23-12-6-7-13-24(23)20(2)32-29(19)31-30-26(15-16-33(31)3)25-14-8-11-22(17-21-9-4-5-10-21)27(25)18-28(30)34-32/h6-8,11-16,18,21H,4-5,9-10,17H2,1-3H3/q+1. The second-order valence-electron chi connectivity index (χ2n) is 10.4. The van der Waals surface area contributed by atoms with Gasteiger partial charge in [0.2, 0.25) is 5.69 Å². The fourth-order valence-corrected chi connectivity index (χ4v) is 8.02. The van der Waals surface area contributed by atoms with E-state index in [4.69, 9.17) is 0 Å². The molecule has 1 aliphatic carbocycles. The smallest absolute Gasteiger partial charge is 0.200 e. The number of aryl methyl sites for hydroxylation is 3. The highest BCUT2D eigenvalue weighted by molar-refractivity contribution is 8.00. The van der Waals surface area contributed by atoms with Gasteiger partial charge in [0.25, 0.3) is 0 Å². The third kappa shape index (κ3) is 2.84. The Bertz CT molecular complexity index is 1640. The molecule has 0 radical (unpaired) electrons. The molecule has 168 valence electrons. The summed E-state index contributed by atoms with van der Waals surface area (Å²) in [5.41, 5.74) is 7.13. The van der Waals surface area contributed by atoms with Crippen molar-refractivity contribution in [3.63, 3.8) is 0 Å². The van der Waals surface area contributed by atoms with E-state index in [9.17, 15) is 0 Å². The third-order valence-electron chi connectivity index (χ3n) is 8.44. The van der Waals surface area contributed by atoms with Crippen molar-refractivity contribution in [3.8, 4) is 11.3 Å². The predicted molar refractivity (Wildman–Crippen MR) is 145 cm³/mol. The van der Waals surface area contributed by atoms with E-state index in [-0.39, 0.29) is 0 Å². The van der Waals surface area contributed by atoms with Gasteiger partial charge < -0.3 is 0 Å². The lowest BCUT2D eigenvalue weighted by molar-refractivity contribution is -0.659. The number of pyridine rings is 1. The van der Waals surface area contributed by atoms with Crippen LogP contribution in [0.5, 0.6) is 0 Å². The lowest BCUT2D eigenvalue weighted by Crippen LogP contribution is -2.32. The number of aromatic nitrogens is 1. The number of hydrogen-bond donors (Lipinski definition) is 0. The van der Waals surface area contributed by atoms with Crippen LogP contribution in [0.1, 0.15) is 42.4 Å². The average Bonchev–Trinajstić information content (AvgIpc) is 3.37. The number of fused-ring (bicyclic) bond motifs is 5. The zero-order valence-corrected chi connectivity index (χ0v) is 21.1. The van der Waals surface area contributed by atoms with Crippen LogP contribution in [0.4, 0.5) is 0 Å². The lowest BCUT2D eigenvalue weighted by atomic mass is 9.89. The topological polar surface area (TPSA) is 3.88 Å². The molecule has 0 unspecified atom stereocenters. The van der Waals surface area contributed by atoms with Gasteiger partial charge in [-0.1, -0.05) is 79.9 Å². The van der Waals surface area contributed by atoms with Gasteiger partial charge in [-0.25, -0.2) is 4.57 Å². The van der Waals surface area contributed by atoms with E-state index < -0.39 is 0 Å². The quantitative estimate of drug-likeness (QED) is 0.185. The maximum Gasteiger partial charge on any atom is 0.222 e. The highest BCUT2D eigenvalue weighted by Gasteiger charge is 2.31. The molecular formula is C32H30NS+. The highest BCUT2D eigenvalue weighted by atomic mass is 32.2. The molecule has 4 aromatic carbocycles. The molecule has 0 atom stereocenters. The SMILES string of the molecule is Cc1c2c(c(C)c3ccccc13)-c1c3c(cc4c(CC5CCCC5)cccc4c3cc[n+]1C)S2. The maximum atomic E-state index is 2.52. The minimum absolute atomic E-state index is 0.853. The number of rotatable bonds is 2. The fourth-order valence-electron chi connectivity index (χ4n) is 6.70. The van der Waals surface area contributed by atoms with Crippen LogP contribution >= 0.6 is 11.8 Å². The van der Waals surface area contributed by atoms with E-state index >= 15 is 0 Å². The predicted octanol–water partition coefficient (Wildman–Crippen LogP) is 8.45. The highest BCUT2D eigenvalue weighted by Crippen LogP contribution is 2.52. The van der Waals surface area contributed by atoms with Gasteiger partial charge in [-0.3, -0.25) is 0 Å². The fraction of sp³-hybridized carbons (Fsp3) is 0.281. The first-order valence-corrected chi connectivity index (χ1v) is 13.5. The van der Waals surface area contributed by atoms with Crippen LogP contribution in [-0.2, 0) is 13.5 Å². The molecule has 5 aromatic rings. The van der Waals surface area contributed by atoms with Crippen LogP contribution < -0.4 is 4.57 Å². The Morgan fingerprint density at radius 1 is 0.824 bits per heavy atom. The van der Waals surface area contributed by atoms with E-state index in [1.807, 2.05) is 11.8 Å². The first kappa shape index (κ1) is 20.5. The Morgan fingerprint density at radius 2 is 1.56 bits per heavy atom.